The highest BCUT2D eigenvalue weighted by Crippen LogP contribution is 2.38. The Morgan fingerprint density at radius 3 is 2.26 bits per heavy atom. The lowest BCUT2D eigenvalue weighted by molar-refractivity contribution is -0.117. The highest BCUT2D eigenvalue weighted by molar-refractivity contribution is 7.93. The topological polar surface area (TPSA) is 67.2 Å². The van der Waals surface area contributed by atoms with Crippen molar-refractivity contribution in [2.45, 2.75) is 63.4 Å². The Hall–Kier alpha value is -1.49. The number of sulfonamides is 1. The predicted octanol–water partition coefficient (Wildman–Crippen LogP) is 5.81. The summed E-state index contributed by atoms with van der Waals surface area (Å²) < 4.78 is 69.1. The highest BCUT2D eigenvalue weighted by atomic mass is 35.5. The maximum Gasteiger partial charge on any atom is 0.407 e. The number of anilines is 1. The van der Waals surface area contributed by atoms with Crippen LogP contribution in [-0.4, -0.2) is 44.0 Å². The minimum absolute atomic E-state index is 0.140. The second-order valence-electron chi connectivity index (χ2n) is 9.10. The fourth-order valence-electron chi connectivity index (χ4n) is 4.62. The summed E-state index contributed by atoms with van der Waals surface area (Å²) >= 11 is 12.7. The Balaban J connectivity index is 1.85. The van der Waals surface area contributed by atoms with Gasteiger partial charge in [-0.3, -0.25) is 8.99 Å². The molecule has 0 amide bonds. The van der Waals surface area contributed by atoms with Gasteiger partial charge in [0, 0.05) is 7.05 Å². The van der Waals surface area contributed by atoms with E-state index in [0.29, 0.717) is 10.7 Å². The van der Waals surface area contributed by atoms with Crippen molar-refractivity contribution >= 4 is 38.9 Å². The van der Waals surface area contributed by atoms with Crippen LogP contribution < -0.4 is 9.62 Å². The Bertz CT molecular complexity index is 1120. The van der Waals surface area contributed by atoms with Crippen molar-refractivity contribution < 1.29 is 21.6 Å². The van der Waals surface area contributed by atoms with E-state index in [-0.39, 0.29) is 27.1 Å². The summed E-state index contributed by atoms with van der Waals surface area (Å²) in [5, 5.41) is 7.03. The van der Waals surface area contributed by atoms with E-state index in [2.05, 4.69) is 10.4 Å². The number of nitrogens with one attached hydrogen (secondary N) is 1. The zero-order valence-electron chi connectivity index (χ0n) is 20.1. The minimum atomic E-state index is -4.80. The first-order valence-electron chi connectivity index (χ1n) is 11.6. The molecule has 0 unspecified atom stereocenters. The second-order valence-corrected chi connectivity index (χ2v) is 11.7. The molecule has 0 atom stereocenters. The lowest BCUT2D eigenvalue weighted by Crippen LogP contribution is -2.40. The number of halogens is 5. The van der Waals surface area contributed by atoms with E-state index in [9.17, 15) is 21.6 Å². The lowest BCUT2D eigenvalue weighted by atomic mass is 9.92. The molecule has 1 aliphatic rings. The van der Waals surface area contributed by atoms with E-state index in [1.54, 1.807) is 0 Å². The molecular weight excluding hydrogens is 524 g/mol. The maximum atomic E-state index is 13.5. The van der Waals surface area contributed by atoms with Crippen molar-refractivity contribution in [2.75, 3.05) is 23.9 Å². The number of benzene rings is 1. The van der Waals surface area contributed by atoms with Crippen LogP contribution in [0.5, 0.6) is 0 Å². The molecule has 2 aromatic rings. The van der Waals surface area contributed by atoms with Crippen LogP contribution >= 0.6 is 23.2 Å². The number of alkyl halides is 3. The molecule has 0 bridgehead atoms. The third-order valence-electron chi connectivity index (χ3n) is 6.44. The Kier molecular flexibility index (Phi) is 9.05. The summed E-state index contributed by atoms with van der Waals surface area (Å²) in [5.74, 6) is 0.718. The van der Waals surface area contributed by atoms with Crippen LogP contribution in [0, 0.1) is 19.8 Å². The van der Waals surface area contributed by atoms with Gasteiger partial charge in [-0.2, -0.15) is 18.3 Å². The summed E-state index contributed by atoms with van der Waals surface area (Å²) in [7, 11) is -3.21. The molecule has 1 saturated heterocycles. The van der Waals surface area contributed by atoms with Gasteiger partial charge in [-0.05, 0) is 76.2 Å². The lowest BCUT2D eigenvalue weighted by Gasteiger charge is -2.27. The third kappa shape index (κ3) is 6.84. The van der Waals surface area contributed by atoms with Crippen molar-refractivity contribution in [1.29, 1.82) is 0 Å². The second kappa shape index (κ2) is 11.3. The van der Waals surface area contributed by atoms with Crippen molar-refractivity contribution in [3.63, 3.8) is 0 Å². The number of hydrogen-bond donors (Lipinski definition) is 1. The molecular formula is C23H31Cl2F3N4O2S. The van der Waals surface area contributed by atoms with Crippen LogP contribution in [0.4, 0.5) is 18.9 Å². The SMILES string of the molecule is Cc1nn(C)c(C)c1N(CC(F)(F)F)S(=O)(=O)c1c(Cl)cc(CCCCC2CCNCC2)cc1Cl. The molecule has 0 saturated carbocycles. The molecule has 35 heavy (non-hydrogen) atoms. The first-order valence-corrected chi connectivity index (χ1v) is 13.8. The molecule has 1 aliphatic heterocycles. The van der Waals surface area contributed by atoms with Crippen LogP contribution in [0.15, 0.2) is 17.0 Å². The van der Waals surface area contributed by atoms with Crippen LogP contribution in [0.2, 0.25) is 10.0 Å². The number of rotatable bonds is 9. The van der Waals surface area contributed by atoms with E-state index < -0.39 is 27.6 Å². The molecule has 3 rings (SSSR count). The van der Waals surface area contributed by atoms with E-state index in [1.807, 2.05) is 0 Å². The van der Waals surface area contributed by atoms with Crippen molar-refractivity contribution in [3.8, 4) is 0 Å². The van der Waals surface area contributed by atoms with Gasteiger partial charge >= 0.3 is 6.18 Å². The van der Waals surface area contributed by atoms with Crippen molar-refractivity contribution in [2.24, 2.45) is 13.0 Å². The Morgan fingerprint density at radius 2 is 1.74 bits per heavy atom. The smallest absolute Gasteiger partial charge is 0.317 e. The largest absolute Gasteiger partial charge is 0.407 e. The van der Waals surface area contributed by atoms with Crippen LogP contribution in [-0.2, 0) is 23.5 Å². The standard InChI is InChI=1S/C23H31Cl2F3N4O2S/c1-15-21(16(2)31(3)30-15)32(14-23(26,27)28)35(33,34)22-19(24)12-18(13-20(22)25)7-5-4-6-17-8-10-29-11-9-17/h12-13,17,29H,4-11,14H2,1-3H3. The molecule has 0 aliphatic carbocycles. The van der Waals surface area contributed by atoms with Crippen LogP contribution in [0.1, 0.15) is 49.1 Å². The molecule has 0 radical (unpaired) electrons. The summed E-state index contributed by atoms with van der Waals surface area (Å²) in [6.07, 6.45) is 1.25. The van der Waals surface area contributed by atoms with Gasteiger partial charge in [0.1, 0.15) is 11.4 Å². The minimum Gasteiger partial charge on any atom is -0.317 e. The highest BCUT2D eigenvalue weighted by Gasteiger charge is 2.41. The Morgan fingerprint density at radius 1 is 1.14 bits per heavy atom. The normalized spacial score (nSPS) is 15.5. The number of aryl methyl sites for hydroxylation is 3. The number of aromatic nitrogens is 2. The number of hydrogen-bond acceptors (Lipinski definition) is 4. The molecule has 1 fully saturated rings. The van der Waals surface area contributed by atoms with Crippen molar-refractivity contribution in [1.82, 2.24) is 15.1 Å². The molecule has 6 nitrogen and oxygen atoms in total. The average Bonchev–Trinajstić information content (AvgIpc) is 3.00. The predicted molar refractivity (Wildman–Crippen MR) is 133 cm³/mol. The van der Waals surface area contributed by atoms with Gasteiger partial charge in [0.2, 0.25) is 0 Å². The molecule has 2 heterocycles. The van der Waals surface area contributed by atoms with Crippen LogP contribution in [0.3, 0.4) is 0 Å². The zero-order chi connectivity index (χ0) is 26.0. The van der Waals surface area contributed by atoms with E-state index in [0.717, 1.165) is 43.8 Å². The zero-order valence-corrected chi connectivity index (χ0v) is 22.4. The molecule has 0 spiro atoms. The third-order valence-corrected chi connectivity index (χ3v) is 9.10. The molecule has 12 heteroatoms. The number of nitrogens with zero attached hydrogens (tertiary/aromatic N) is 3. The van der Waals surface area contributed by atoms with E-state index in [1.165, 1.54) is 50.6 Å². The summed E-state index contributed by atoms with van der Waals surface area (Å²) in [5.41, 5.74) is 1.03. The average molecular weight is 555 g/mol. The van der Waals surface area contributed by atoms with Gasteiger partial charge < -0.3 is 5.32 Å². The van der Waals surface area contributed by atoms with Gasteiger partial charge in [0.25, 0.3) is 10.0 Å². The molecule has 1 aromatic heterocycles. The summed E-state index contributed by atoms with van der Waals surface area (Å²) in [6.45, 7) is 3.33. The summed E-state index contributed by atoms with van der Waals surface area (Å²) in [6, 6.07) is 2.97. The molecule has 1 aromatic carbocycles. The summed E-state index contributed by atoms with van der Waals surface area (Å²) in [4.78, 5) is -0.536. The van der Waals surface area contributed by atoms with Crippen LogP contribution in [0.25, 0.3) is 0 Å². The van der Waals surface area contributed by atoms with Crippen molar-refractivity contribution in [3.05, 3.63) is 39.1 Å². The van der Waals surface area contributed by atoms with E-state index >= 15 is 0 Å². The van der Waals surface area contributed by atoms with Gasteiger partial charge in [-0.1, -0.05) is 36.0 Å². The number of unbranched alkanes of at least 4 members (excludes halogenated alkanes) is 1. The monoisotopic (exact) mass is 554 g/mol. The number of piperidine rings is 1. The van der Waals surface area contributed by atoms with Gasteiger partial charge in [0.05, 0.1) is 27.1 Å². The Labute approximate surface area is 214 Å². The van der Waals surface area contributed by atoms with Gasteiger partial charge in [-0.25, -0.2) is 8.42 Å². The fraction of sp³-hybridized carbons (Fsp3) is 0.609. The molecule has 1 N–H and O–H groups in total. The van der Waals surface area contributed by atoms with Gasteiger partial charge in [0.15, 0.2) is 0 Å². The molecule has 196 valence electrons. The quantitative estimate of drug-likeness (QED) is 0.397. The van der Waals surface area contributed by atoms with Gasteiger partial charge in [-0.15, -0.1) is 0 Å². The fourth-order valence-corrected chi connectivity index (χ4v) is 7.39. The first kappa shape index (κ1) is 28.1. The maximum absolute atomic E-state index is 13.5. The first-order chi connectivity index (χ1) is 16.3. The van der Waals surface area contributed by atoms with E-state index in [4.69, 9.17) is 23.2 Å².